The fraction of sp³-hybridized carbons (Fsp3) is 0.556. The molecule has 0 spiro atoms. The summed E-state index contributed by atoms with van der Waals surface area (Å²) in [6.07, 6.45) is 1.64. The van der Waals surface area contributed by atoms with Gasteiger partial charge in [0, 0.05) is 24.8 Å². The van der Waals surface area contributed by atoms with Crippen molar-refractivity contribution in [2.24, 2.45) is 0 Å². The summed E-state index contributed by atoms with van der Waals surface area (Å²) in [7, 11) is 0. The van der Waals surface area contributed by atoms with Crippen molar-refractivity contribution >= 4 is 27.7 Å². The fourth-order valence-electron chi connectivity index (χ4n) is 0.915. The van der Waals surface area contributed by atoms with Crippen LogP contribution in [0.3, 0.4) is 0 Å². The summed E-state index contributed by atoms with van der Waals surface area (Å²) in [5, 5.41) is 9.61. The fourth-order valence-corrected chi connectivity index (χ4v) is 2.34. The first-order chi connectivity index (χ1) is 6.76. The topological polar surface area (TPSA) is 46.0 Å². The summed E-state index contributed by atoms with van der Waals surface area (Å²) in [6, 6.07) is 1.90. The second kappa shape index (κ2) is 6.37. The van der Waals surface area contributed by atoms with Crippen LogP contribution in [0.15, 0.2) is 15.7 Å². The highest BCUT2D eigenvalue weighted by Gasteiger charge is 2.01. The van der Waals surface area contributed by atoms with E-state index in [-0.39, 0.29) is 6.61 Å². The molecule has 0 aliphatic carbocycles. The molecule has 1 heterocycles. The normalized spacial score (nSPS) is 10.5. The lowest BCUT2D eigenvalue weighted by atomic mass is 10.4. The minimum absolute atomic E-state index is 0.236. The van der Waals surface area contributed by atoms with Gasteiger partial charge in [-0.15, -0.1) is 11.8 Å². The third kappa shape index (κ3) is 3.94. The average molecular weight is 277 g/mol. The molecule has 0 atom stereocenters. The summed E-state index contributed by atoms with van der Waals surface area (Å²) < 4.78 is 0.829. The number of halogens is 1. The maximum absolute atomic E-state index is 8.64. The van der Waals surface area contributed by atoms with Crippen LogP contribution in [0.5, 0.6) is 0 Å². The maximum atomic E-state index is 8.64. The summed E-state index contributed by atoms with van der Waals surface area (Å²) >= 11 is 5.00. The zero-order valence-corrected chi connectivity index (χ0v) is 10.4. The number of nitrogens with zero attached hydrogens (tertiary/aromatic N) is 2. The van der Waals surface area contributed by atoms with Crippen molar-refractivity contribution in [1.82, 2.24) is 9.97 Å². The Morgan fingerprint density at radius 2 is 2.29 bits per heavy atom. The second-order valence-corrected chi connectivity index (χ2v) is 4.65. The highest BCUT2D eigenvalue weighted by atomic mass is 79.9. The standard InChI is InChI=1S/C9H13BrN2OS/c1-2-8-11-7(10)6-9(12-8)14-5-3-4-13/h6,13H,2-5H2,1H3. The Labute approximate surface area is 96.5 Å². The predicted molar refractivity (Wildman–Crippen MR) is 61.5 cm³/mol. The predicted octanol–water partition coefficient (Wildman–Crippen LogP) is 2.28. The Bertz CT molecular complexity index is 296. The summed E-state index contributed by atoms with van der Waals surface area (Å²) in [5.41, 5.74) is 0. The molecule has 0 fully saturated rings. The number of rotatable bonds is 5. The molecule has 0 aliphatic rings. The monoisotopic (exact) mass is 276 g/mol. The molecule has 1 aromatic rings. The van der Waals surface area contributed by atoms with Crippen molar-refractivity contribution in [3.8, 4) is 0 Å². The molecule has 0 bridgehead atoms. The number of aliphatic hydroxyl groups is 1. The SMILES string of the molecule is CCc1nc(Br)cc(SCCCO)n1. The van der Waals surface area contributed by atoms with Gasteiger partial charge >= 0.3 is 0 Å². The molecule has 3 nitrogen and oxygen atoms in total. The van der Waals surface area contributed by atoms with E-state index in [1.807, 2.05) is 13.0 Å². The smallest absolute Gasteiger partial charge is 0.130 e. The molecule has 1 rings (SSSR count). The van der Waals surface area contributed by atoms with E-state index in [1.165, 1.54) is 0 Å². The van der Waals surface area contributed by atoms with Gasteiger partial charge < -0.3 is 5.11 Å². The highest BCUT2D eigenvalue weighted by Crippen LogP contribution is 2.19. The summed E-state index contributed by atoms with van der Waals surface area (Å²) in [5.74, 6) is 1.74. The van der Waals surface area contributed by atoms with Crippen LogP contribution in [0.1, 0.15) is 19.2 Å². The van der Waals surface area contributed by atoms with Gasteiger partial charge in [-0.25, -0.2) is 9.97 Å². The second-order valence-electron chi connectivity index (χ2n) is 2.72. The molecule has 1 N–H and O–H groups in total. The van der Waals surface area contributed by atoms with Gasteiger partial charge in [-0.2, -0.15) is 0 Å². The average Bonchev–Trinajstić information content (AvgIpc) is 2.17. The van der Waals surface area contributed by atoms with E-state index >= 15 is 0 Å². The van der Waals surface area contributed by atoms with Crippen LogP contribution < -0.4 is 0 Å². The number of hydrogen-bond acceptors (Lipinski definition) is 4. The van der Waals surface area contributed by atoms with Crippen molar-refractivity contribution in [2.75, 3.05) is 12.4 Å². The van der Waals surface area contributed by atoms with Crippen LogP contribution in [-0.2, 0) is 6.42 Å². The molecule has 1 aromatic heterocycles. The van der Waals surface area contributed by atoms with E-state index in [2.05, 4.69) is 25.9 Å². The third-order valence-electron chi connectivity index (χ3n) is 1.59. The maximum Gasteiger partial charge on any atom is 0.130 e. The Morgan fingerprint density at radius 1 is 1.50 bits per heavy atom. The zero-order chi connectivity index (χ0) is 10.4. The first kappa shape index (κ1) is 11.9. The van der Waals surface area contributed by atoms with Crippen LogP contribution >= 0.6 is 27.7 Å². The number of thioether (sulfide) groups is 1. The van der Waals surface area contributed by atoms with Crippen molar-refractivity contribution in [2.45, 2.75) is 24.8 Å². The lowest BCUT2D eigenvalue weighted by molar-refractivity contribution is 0.296. The molecule has 78 valence electrons. The molecular formula is C9H13BrN2OS. The van der Waals surface area contributed by atoms with E-state index in [0.717, 1.165) is 34.0 Å². The van der Waals surface area contributed by atoms with Crippen molar-refractivity contribution in [3.63, 3.8) is 0 Å². The Kier molecular flexibility index (Phi) is 5.44. The van der Waals surface area contributed by atoms with Gasteiger partial charge in [0.25, 0.3) is 0 Å². The molecule has 5 heteroatoms. The number of aromatic nitrogens is 2. The van der Waals surface area contributed by atoms with Crippen LogP contribution in [-0.4, -0.2) is 27.4 Å². The van der Waals surface area contributed by atoms with Crippen LogP contribution in [0.25, 0.3) is 0 Å². The highest BCUT2D eigenvalue weighted by molar-refractivity contribution is 9.10. The van der Waals surface area contributed by atoms with Crippen molar-refractivity contribution in [3.05, 3.63) is 16.5 Å². The molecule has 0 unspecified atom stereocenters. The molecule has 0 saturated carbocycles. The molecule has 0 saturated heterocycles. The molecule has 14 heavy (non-hydrogen) atoms. The van der Waals surface area contributed by atoms with Crippen molar-refractivity contribution < 1.29 is 5.11 Å². The first-order valence-electron chi connectivity index (χ1n) is 4.53. The molecular weight excluding hydrogens is 264 g/mol. The minimum atomic E-state index is 0.236. The van der Waals surface area contributed by atoms with Gasteiger partial charge in [-0.1, -0.05) is 6.92 Å². The van der Waals surface area contributed by atoms with Gasteiger partial charge in [0.15, 0.2) is 0 Å². The Hall–Kier alpha value is -0.130. The van der Waals surface area contributed by atoms with E-state index < -0.39 is 0 Å². The van der Waals surface area contributed by atoms with Crippen LogP contribution in [0.2, 0.25) is 0 Å². The Morgan fingerprint density at radius 3 is 2.93 bits per heavy atom. The third-order valence-corrected chi connectivity index (χ3v) is 2.99. The quantitative estimate of drug-likeness (QED) is 0.509. The van der Waals surface area contributed by atoms with Gasteiger partial charge in [0.05, 0.1) is 0 Å². The van der Waals surface area contributed by atoms with E-state index in [0.29, 0.717) is 0 Å². The molecule has 0 radical (unpaired) electrons. The number of aryl methyl sites for hydroxylation is 1. The van der Waals surface area contributed by atoms with Crippen LogP contribution in [0.4, 0.5) is 0 Å². The Balaban J connectivity index is 2.62. The van der Waals surface area contributed by atoms with Gasteiger partial charge in [-0.05, 0) is 22.4 Å². The number of hydrogen-bond donors (Lipinski definition) is 1. The van der Waals surface area contributed by atoms with E-state index in [1.54, 1.807) is 11.8 Å². The first-order valence-corrected chi connectivity index (χ1v) is 6.31. The largest absolute Gasteiger partial charge is 0.396 e. The zero-order valence-electron chi connectivity index (χ0n) is 8.03. The van der Waals surface area contributed by atoms with Gasteiger partial charge in [-0.3, -0.25) is 0 Å². The van der Waals surface area contributed by atoms with E-state index in [4.69, 9.17) is 5.11 Å². The molecule has 0 aromatic carbocycles. The lowest BCUT2D eigenvalue weighted by Crippen LogP contribution is -1.95. The summed E-state index contributed by atoms with van der Waals surface area (Å²) in [6.45, 7) is 2.27. The summed E-state index contributed by atoms with van der Waals surface area (Å²) in [4.78, 5) is 8.59. The minimum Gasteiger partial charge on any atom is -0.396 e. The van der Waals surface area contributed by atoms with E-state index in [9.17, 15) is 0 Å². The van der Waals surface area contributed by atoms with Gasteiger partial charge in [0.2, 0.25) is 0 Å². The van der Waals surface area contributed by atoms with Gasteiger partial charge in [0.1, 0.15) is 15.5 Å². The lowest BCUT2D eigenvalue weighted by Gasteiger charge is -2.02. The van der Waals surface area contributed by atoms with Crippen LogP contribution in [0, 0.1) is 0 Å². The molecule has 0 amide bonds. The number of aliphatic hydroxyl groups excluding tert-OH is 1. The molecule has 0 aliphatic heterocycles. The van der Waals surface area contributed by atoms with Crippen molar-refractivity contribution in [1.29, 1.82) is 0 Å².